The number of fused-ring (bicyclic) bond motifs is 2. The van der Waals surface area contributed by atoms with Gasteiger partial charge in [0.1, 0.15) is 5.52 Å². The van der Waals surface area contributed by atoms with Crippen LogP contribution in [0.3, 0.4) is 0 Å². The number of carbonyl (C=O) groups excluding carboxylic acids is 2. The van der Waals surface area contributed by atoms with Crippen LogP contribution in [0.2, 0.25) is 0 Å². The first-order valence-corrected chi connectivity index (χ1v) is 12.8. The quantitative estimate of drug-likeness (QED) is 0.560. The number of β-amino-alcohol motifs (C(OH)–C–C–N with tert-alkyl or cyclic N) is 1. The third-order valence-corrected chi connectivity index (χ3v) is 7.51. The van der Waals surface area contributed by atoms with Gasteiger partial charge in [-0.3, -0.25) is 9.69 Å². The van der Waals surface area contributed by atoms with Crippen LogP contribution in [0.1, 0.15) is 54.1 Å². The summed E-state index contributed by atoms with van der Waals surface area (Å²) >= 11 is 0. The molecule has 2 N–H and O–H groups in total. The fourth-order valence-electron chi connectivity index (χ4n) is 5.31. The molecule has 2 aromatic heterocycles. The van der Waals surface area contributed by atoms with Crippen molar-refractivity contribution in [3.63, 3.8) is 0 Å². The molecule has 37 heavy (non-hydrogen) atoms. The monoisotopic (exact) mass is 507 g/mol. The van der Waals surface area contributed by atoms with Crippen molar-refractivity contribution < 1.29 is 23.8 Å². The highest BCUT2D eigenvalue weighted by atomic mass is 19.1. The molecule has 1 aliphatic carbocycles. The number of aliphatic hydroxyl groups is 1. The van der Waals surface area contributed by atoms with Crippen LogP contribution in [0, 0.1) is 12.7 Å². The molecule has 6 rings (SSSR count). The minimum absolute atomic E-state index is 0.0559. The van der Waals surface area contributed by atoms with Crippen molar-refractivity contribution in [1.82, 2.24) is 19.8 Å². The Morgan fingerprint density at radius 1 is 1.22 bits per heavy atom. The average molecular weight is 508 g/mol. The summed E-state index contributed by atoms with van der Waals surface area (Å²) in [5.41, 5.74) is 1.84. The molecule has 0 unspecified atom stereocenters. The molecule has 194 valence electrons. The van der Waals surface area contributed by atoms with Crippen molar-refractivity contribution in [2.24, 2.45) is 0 Å². The zero-order valence-corrected chi connectivity index (χ0v) is 21.0. The van der Waals surface area contributed by atoms with Crippen molar-refractivity contribution in [2.45, 2.75) is 57.6 Å². The largest absolute Gasteiger partial charge is 0.452 e. The second-order valence-electron chi connectivity index (χ2n) is 10.6. The van der Waals surface area contributed by atoms with E-state index in [0.29, 0.717) is 66.0 Å². The fourth-order valence-corrected chi connectivity index (χ4v) is 5.31. The number of nitrogens with zero attached hydrogens (tertiary/aromatic N) is 4. The number of aryl methyl sites for hydroxylation is 1. The molecular weight excluding hydrogens is 477 g/mol. The van der Waals surface area contributed by atoms with E-state index in [2.05, 4.69) is 10.4 Å². The summed E-state index contributed by atoms with van der Waals surface area (Å²) in [6.45, 7) is 4.82. The maximum absolute atomic E-state index is 15.7. The zero-order valence-electron chi connectivity index (χ0n) is 21.0. The molecule has 9 nitrogen and oxygen atoms in total. The van der Waals surface area contributed by atoms with E-state index in [0.717, 1.165) is 12.8 Å². The summed E-state index contributed by atoms with van der Waals surface area (Å²) in [5, 5.41) is 17.6. The van der Waals surface area contributed by atoms with Crippen molar-refractivity contribution in [3.8, 4) is 11.5 Å². The van der Waals surface area contributed by atoms with Crippen LogP contribution in [0.4, 0.5) is 14.9 Å². The first kappa shape index (κ1) is 23.7. The lowest BCUT2D eigenvalue weighted by atomic mass is 10.0. The molecule has 10 heteroatoms. The van der Waals surface area contributed by atoms with Gasteiger partial charge in [0.25, 0.3) is 5.91 Å². The second kappa shape index (κ2) is 8.72. The highest BCUT2D eigenvalue weighted by Crippen LogP contribution is 2.38. The third-order valence-electron chi connectivity index (χ3n) is 7.51. The van der Waals surface area contributed by atoms with Gasteiger partial charge in [-0.25, -0.2) is 13.7 Å². The molecule has 2 aliphatic heterocycles. The third kappa shape index (κ3) is 4.29. The van der Waals surface area contributed by atoms with Crippen LogP contribution in [0.5, 0.6) is 11.5 Å². The number of urea groups is 1. The minimum atomic E-state index is -0.895. The molecule has 1 saturated carbocycles. The van der Waals surface area contributed by atoms with Gasteiger partial charge >= 0.3 is 6.03 Å². The topological polar surface area (TPSA) is 99.4 Å². The number of hydrogen-bond acceptors (Lipinski definition) is 5. The lowest BCUT2D eigenvalue weighted by Gasteiger charge is -2.30. The summed E-state index contributed by atoms with van der Waals surface area (Å²) in [6.07, 6.45) is 6.86. The van der Waals surface area contributed by atoms with Crippen LogP contribution in [-0.4, -0.2) is 62.8 Å². The first-order valence-electron chi connectivity index (χ1n) is 12.8. The van der Waals surface area contributed by atoms with Crippen molar-refractivity contribution >= 4 is 23.1 Å². The molecule has 2 fully saturated rings. The molecule has 0 spiro atoms. The molecule has 1 saturated heterocycles. The smallest absolute Gasteiger partial charge is 0.322 e. The Morgan fingerprint density at radius 3 is 2.76 bits per heavy atom. The maximum Gasteiger partial charge on any atom is 0.322 e. The zero-order chi connectivity index (χ0) is 25.9. The number of halogens is 1. The van der Waals surface area contributed by atoms with E-state index in [4.69, 9.17) is 4.74 Å². The average Bonchev–Trinajstić information content (AvgIpc) is 3.52. The number of rotatable bonds is 4. The van der Waals surface area contributed by atoms with E-state index in [1.807, 2.05) is 6.92 Å². The molecule has 1 atom stereocenters. The first-order chi connectivity index (χ1) is 17.7. The number of ether oxygens (including phenoxy) is 1. The summed E-state index contributed by atoms with van der Waals surface area (Å²) in [5.74, 6) is -0.245. The number of amides is 3. The van der Waals surface area contributed by atoms with Crippen LogP contribution in [0.25, 0.3) is 5.52 Å². The van der Waals surface area contributed by atoms with Crippen molar-refractivity contribution in [2.75, 3.05) is 24.5 Å². The number of anilines is 1. The Hall–Kier alpha value is -3.66. The number of hydrogen-bond donors (Lipinski definition) is 2. The van der Waals surface area contributed by atoms with Crippen molar-refractivity contribution in [3.05, 3.63) is 53.1 Å². The summed E-state index contributed by atoms with van der Waals surface area (Å²) in [7, 11) is 0. The van der Waals surface area contributed by atoms with E-state index >= 15 is 4.39 Å². The predicted octanol–water partition coefficient (Wildman–Crippen LogP) is 3.80. The molecule has 4 heterocycles. The highest BCUT2D eigenvalue weighted by molar-refractivity contribution is 5.98. The Bertz CT molecular complexity index is 1410. The van der Waals surface area contributed by atoms with Gasteiger partial charge in [0.2, 0.25) is 0 Å². The number of benzene rings is 1. The summed E-state index contributed by atoms with van der Waals surface area (Å²) < 4.78 is 23.3. The lowest BCUT2D eigenvalue weighted by Crippen LogP contribution is -2.43. The lowest BCUT2D eigenvalue weighted by molar-refractivity contribution is 0.0572. The molecule has 3 aromatic rings. The second-order valence-corrected chi connectivity index (χ2v) is 10.6. The molecule has 0 bridgehead atoms. The normalized spacial score (nSPS) is 21.3. The minimum Gasteiger partial charge on any atom is -0.452 e. The molecular formula is C27H30FN5O4. The Morgan fingerprint density at radius 2 is 2.03 bits per heavy atom. The highest BCUT2D eigenvalue weighted by Gasteiger charge is 2.36. The fraction of sp³-hybridized carbons (Fsp3) is 0.444. The predicted molar refractivity (Wildman–Crippen MR) is 135 cm³/mol. The van der Waals surface area contributed by atoms with E-state index < -0.39 is 11.4 Å². The Balaban J connectivity index is 1.30. The molecule has 3 amide bonds. The van der Waals surface area contributed by atoms with Gasteiger partial charge in [0.05, 0.1) is 23.0 Å². The van der Waals surface area contributed by atoms with Gasteiger partial charge in [0, 0.05) is 43.5 Å². The Kier molecular flexibility index (Phi) is 5.59. The van der Waals surface area contributed by atoms with Gasteiger partial charge in [-0.1, -0.05) is 0 Å². The number of aromatic nitrogens is 2. The van der Waals surface area contributed by atoms with Crippen LogP contribution in [-0.2, 0) is 6.42 Å². The number of carbonyl (C=O) groups is 2. The Labute approximate surface area is 213 Å². The van der Waals surface area contributed by atoms with Crippen LogP contribution < -0.4 is 15.0 Å². The summed E-state index contributed by atoms with van der Waals surface area (Å²) in [4.78, 5) is 29.1. The van der Waals surface area contributed by atoms with Gasteiger partial charge < -0.3 is 20.1 Å². The number of likely N-dealkylation sites (tertiary alicyclic amines) is 1. The van der Waals surface area contributed by atoms with Crippen molar-refractivity contribution in [1.29, 1.82) is 0 Å². The van der Waals surface area contributed by atoms with E-state index in [1.165, 1.54) is 6.20 Å². The van der Waals surface area contributed by atoms with Gasteiger partial charge in [-0.2, -0.15) is 5.10 Å². The molecule has 1 aromatic carbocycles. The van der Waals surface area contributed by atoms with E-state index in [1.54, 1.807) is 45.6 Å². The summed E-state index contributed by atoms with van der Waals surface area (Å²) in [6, 6.07) is 4.96. The van der Waals surface area contributed by atoms with Gasteiger partial charge in [-0.05, 0) is 63.6 Å². The van der Waals surface area contributed by atoms with E-state index in [-0.39, 0.29) is 30.3 Å². The standard InChI is InChI=1S/C27H30FN5O4/c1-16-19(25(34)31-13-10-27(2,36)15-31)14-33-24(16)22(9-11-29-33)37-21-8-7-20-18(23(21)28)4-3-12-32(20)26(35)30-17-5-6-17/h7-9,11,14,17,36H,3-6,10,12-13,15H2,1-2H3,(H,30,35)/t27-/m0/s1. The number of nitrogens with one attached hydrogen (secondary N) is 1. The van der Waals surface area contributed by atoms with Crippen LogP contribution >= 0.6 is 0 Å². The SMILES string of the molecule is Cc1c(C(=O)N2CC[C@](C)(O)C2)cn2nccc(Oc3ccc4c(c3F)CCCN4C(=O)NC3CC3)c12. The maximum atomic E-state index is 15.7. The van der Waals surface area contributed by atoms with Crippen LogP contribution in [0.15, 0.2) is 30.6 Å². The van der Waals surface area contributed by atoms with Gasteiger partial charge in [0.15, 0.2) is 17.3 Å². The van der Waals surface area contributed by atoms with Gasteiger partial charge in [-0.15, -0.1) is 0 Å². The molecule has 0 radical (unpaired) electrons. The molecule has 3 aliphatic rings. The van der Waals surface area contributed by atoms with E-state index in [9.17, 15) is 14.7 Å².